The first kappa shape index (κ1) is 15.4. The average Bonchev–Trinajstić information content (AvgIpc) is 2.96. The molecule has 1 aliphatic heterocycles. The number of amides is 1. The number of hydrogen-bond donors (Lipinski definition) is 1. The first-order chi connectivity index (χ1) is 10.6. The van der Waals surface area contributed by atoms with Crippen molar-refractivity contribution in [2.45, 2.75) is 37.8 Å². The Hall–Kier alpha value is -1.46. The summed E-state index contributed by atoms with van der Waals surface area (Å²) in [5, 5.41) is 9.98. The van der Waals surface area contributed by atoms with E-state index in [-0.39, 0.29) is 30.3 Å². The Balaban J connectivity index is 1.53. The predicted octanol–water partition coefficient (Wildman–Crippen LogP) is 1.43. The van der Waals surface area contributed by atoms with Gasteiger partial charge in [0.1, 0.15) is 5.82 Å². The van der Waals surface area contributed by atoms with Crippen LogP contribution in [0.3, 0.4) is 0 Å². The van der Waals surface area contributed by atoms with Crippen LogP contribution in [0.25, 0.3) is 0 Å². The SMILES string of the molecule is O=C(Cc1ccccc1F)N1CCN([C@H]2CCC[C@H]2O)CC1. The van der Waals surface area contributed by atoms with Crippen molar-refractivity contribution >= 4 is 5.91 Å². The largest absolute Gasteiger partial charge is 0.391 e. The van der Waals surface area contributed by atoms with Gasteiger partial charge in [0.2, 0.25) is 5.91 Å². The van der Waals surface area contributed by atoms with Gasteiger partial charge in [-0.05, 0) is 30.9 Å². The summed E-state index contributed by atoms with van der Waals surface area (Å²) in [6.07, 6.45) is 2.92. The molecule has 2 fully saturated rings. The van der Waals surface area contributed by atoms with Crippen LogP contribution < -0.4 is 0 Å². The maximum Gasteiger partial charge on any atom is 0.227 e. The average molecular weight is 306 g/mol. The third-order valence-electron chi connectivity index (χ3n) is 4.88. The zero-order valence-electron chi connectivity index (χ0n) is 12.7. The van der Waals surface area contributed by atoms with Gasteiger partial charge in [-0.15, -0.1) is 0 Å². The van der Waals surface area contributed by atoms with Crippen molar-refractivity contribution in [1.82, 2.24) is 9.80 Å². The van der Waals surface area contributed by atoms with Crippen LogP contribution in [0, 0.1) is 5.82 Å². The van der Waals surface area contributed by atoms with E-state index in [9.17, 15) is 14.3 Å². The molecule has 3 rings (SSSR count). The highest BCUT2D eigenvalue weighted by atomic mass is 19.1. The molecule has 0 spiro atoms. The highest BCUT2D eigenvalue weighted by Crippen LogP contribution is 2.25. The molecule has 1 heterocycles. The van der Waals surface area contributed by atoms with E-state index in [0.29, 0.717) is 18.7 Å². The molecule has 1 amide bonds. The molecule has 2 atom stereocenters. The normalized spacial score (nSPS) is 26.4. The van der Waals surface area contributed by atoms with Crippen LogP contribution in [0.5, 0.6) is 0 Å². The molecule has 1 N–H and O–H groups in total. The second kappa shape index (κ2) is 6.75. The lowest BCUT2D eigenvalue weighted by atomic mass is 10.1. The van der Waals surface area contributed by atoms with Gasteiger partial charge in [-0.25, -0.2) is 4.39 Å². The number of rotatable bonds is 3. The summed E-state index contributed by atoms with van der Waals surface area (Å²) in [5.74, 6) is -0.333. The minimum absolute atomic E-state index is 0.0169. The van der Waals surface area contributed by atoms with E-state index in [2.05, 4.69) is 4.90 Å². The first-order valence-corrected chi connectivity index (χ1v) is 8.08. The molecular weight excluding hydrogens is 283 g/mol. The number of halogens is 1. The van der Waals surface area contributed by atoms with Crippen LogP contribution in [-0.2, 0) is 11.2 Å². The highest BCUT2D eigenvalue weighted by molar-refractivity contribution is 5.79. The van der Waals surface area contributed by atoms with Gasteiger partial charge in [-0.3, -0.25) is 9.69 Å². The van der Waals surface area contributed by atoms with Crippen molar-refractivity contribution < 1.29 is 14.3 Å². The lowest BCUT2D eigenvalue weighted by molar-refractivity contribution is -0.132. The maximum absolute atomic E-state index is 13.6. The number of hydrogen-bond acceptors (Lipinski definition) is 3. The van der Waals surface area contributed by atoms with Crippen LogP contribution in [-0.4, -0.2) is 59.1 Å². The molecular formula is C17H23FN2O2. The van der Waals surface area contributed by atoms with E-state index < -0.39 is 0 Å². The van der Waals surface area contributed by atoms with Gasteiger partial charge in [-0.2, -0.15) is 0 Å². The van der Waals surface area contributed by atoms with Gasteiger partial charge in [-0.1, -0.05) is 18.2 Å². The van der Waals surface area contributed by atoms with Gasteiger partial charge in [0.15, 0.2) is 0 Å². The number of carbonyl (C=O) groups excluding carboxylic acids is 1. The van der Waals surface area contributed by atoms with Crippen molar-refractivity contribution in [2.24, 2.45) is 0 Å². The fourth-order valence-electron chi connectivity index (χ4n) is 3.57. The number of nitrogens with zero attached hydrogens (tertiary/aromatic N) is 2. The molecule has 0 radical (unpaired) electrons. The smallest absolute Gasteiger partial charge is 0.227 e. The summed E-state index contributed by atoms with van der Waals surface area (Å²) in [6, 6.07) is 6.70. The molecule has 120 valence electrons. The van der Waals surface area contributed by atoms with E-state index in [1.165, 1.54) is 6.07 Å². The predicted molar refractivity (Wildman–Crippen MR) is 81.9 cm³/mol. The topological polar surface area (TPSA) is 43.8 Å². The van der Waals surface area contributed by atoms with Crippen LogP contribution in [0.15, 0.2) is 24.3 Å². The van der Waals surface area contributed by atoms with Crippen LogP contribution in [0.4, 0.5) is 4.39 Å². The zero-order valence-corrected chi connectivity index (χ0v) is 12.7. The molecule has 1 saturated carbocycles. The van der Waals surface area contributed by atoms with Gasteiger partial charge >= 0.3 is 0 Å². The molecule has 1 saturated heterocycles. The highest BCUT2D eigenvalue weighted by Gasteiger charge is 2.33. The molecule has 0 aromatic heterocycles. The van der Waals surface area contributed by atoms with Crippen molar-refractivity contribution in [1.29, 1.82) is 0 Å². The summed E-state index contributed by atoms with van der Waals surface area (Å²) >= 11 is 0. The van der Waals surface area contributed by atoms with Gasteiger partial charge in [0.25, 0.3) is 0 Å². The number of piperazine rings is 1. The third kappa shape index (κ3) is 3.31. The monoisotopic (exact) mass is 306 g/mol. The summed E-state index contributed by atoms with van der Waals surface area (Å²) in [6.45, 7) is 2.92. The summed E-state index contributed by atoms with van der Waals surface area (Å²) in [4.78, 5) is 16.4. The lowest BCUT2D eigenvalue weighted by Gasteiger charge is -2.39. The Kier molecular flexibility index (Phi) is 4.74. The molecule has 4 nitrogen and oxygen atoms in total. The fraction of sp³-hybridized carbons (Fsp3) is 0.588. The Bertz CT molecular complexity index is 529. The second-order valence-corrected chi connectivity index (χ2v) is 6.25. The van der Waals surface area contributed by atoms with Crippen molar-refractivity contribution in [3.8, 4) is 0 Å². The Morgan fingerprint density at radius 1 is 1.18 bits per heavy atom. The number of aliphatic hydroxyl groups excluding tert-OH is 1. The van der Waals surface area contributed by atoms with E-state index in [0.717, 1.165) is 32.4 Å². The molecule has 2 aliphatic rings. The lowest BCUT2D eigenvalue weighted by Crippen LogP contribution is -2.53. The second-order valence-electron chi connectivity index (χ2n) is 6.25. The van der Waals surface area contributed by atoms with Gasteiger partial charge in [0.05, 0.1) is 12.5 Å². The van der Waals surface area contributed by atoms with Crippen LogP contribution >= 0.6 is 0 Å². The van der Waals surface area contributed by atoms with E-state index >= 15 is 0 Å². The number of aliphatic hydroxyl groups is 1. The van der Waals surface area contributed by atoms with Gasteiger partial charge < -0.3 is 10.0 Å². The van der Waals surface area contributed by atoms with E-state index in [4.69, 9.17) is 0 Å². The molecule has 1 aromatic rings. The fourth-order valence-corrected chi connectivity index (χ4v) is 3.57. The quantitative estimate of drug-likeness (QED) is 0.919. The Labute approximate surface area is 130 Å². The zero-order chi connectivity index (χ0) is 15.5. The molecule has 1 aromatic carbocycles. The molecule has 5 heteroatoms. The minimum Gasteiger partial charge on any atom is -0.391 e. The Morgan fingerprint density at radius 3 is 2.55 bits per heavy atom. The minimum atomic E-state index is -0.316. The molecule has 1 aliphatic carbocycles. The standard InChI is InChI=1S/C17H23FN2O2/c18-14-5-2-1-4-13(14)12-17(22)20-10-8-19(9-11-20)15-6-3-7-16(15)21/h1-2,4-5,15-16,21H,3,6-12H2/t15-,16+/m0/s1. The molecule has 22 heavy (non-hydrogen) atoms. The van der Waals surface area contributed by atoms with E-state index in [1.807, 2.05) is 4.90 Å². The van der Waals surface area contributed by atoms with Crippen molar-refractivity contribution in [3.63, 3.8) is 0 Å². The van der Waals surface area contributed by atoms with Gasteiger partial charge in [0, 0.05) is 32.2 Å². The van der Waals surface area contributed by atoms with E-state index in [1.54, 1.807) is 18.2 Å². The van der Waals surface area contributed by atoms with Crippen LogP contribution in [0.1, 0.15) is 24.8 Å². The van der Waals surface area contributed by atoms with Crippen LogP contribution in [0.2, 0.25) is 0 Å². The number of benzene rings is 1. The first-order valence-electron chi connectivity index (χ1n) is 8.08. The summed E-state index contributed by atoms with van der Waals surface area (Å²) in [7, 11) is 0. The number of carbonyl (C=O) groups is 1. The third-order valence-corrected chi connectivity index (χ3v) is 4.88. The van der Waals surface area contributed by atoms with Crippen molar-refractivity contribution in [3.05, 3.63) is 35.6 Å². The molecule has 0 bridgehead atoms. The Morgan fingerprint density at radius 2 is 1.91 bits per heavy atom. The summed E-state index contributed by atoms with van der Waals surface area (Å²) < 4.78 is 13.6. The van der Waals surface area contributed by atoms with Crippen molar-refractivity contribution in [2.75, 3.05) is 26.2 Å². The molecule has 0 unspecified atom stereocenters. The summed E-state index contributed by atoms with van der Waals surface area (Å²) in [5.41, 5.74) is 0.459. The maximum atomic E-state index is 13.6.